The summed E-state index contributed by atoms with van der Waals surface area (Å²) in [5, 5.41) is 10.1. The summed E-state index contributed by atoms with van der Waals surface area (Å²) in [7, 11) is 1.66. The lowest BCUT2D eigenvalue weighted by atomic mass is 10.1. The minimum absolute atomic E-state index is 0.381. The predicted molar refractivity (Wildman–Crippen MR) is 81.4 cm³/mol. The number of aliphatic hydroxyl groups excluding tert-OH is 1. The minimum atomic E-state index is -0.404. The standard InChI is InChI=1S/C17H25NO3/c1-20-17-5-3-2-4-14(17)11-21-12-16(19)10-18-9-13-6-7-15(18)8-13/h2-5,13,15-16,19H,6-12H2,1H3. The van der Waals surface area contributed by atoms with Crippen LogP contribution in [0.3, 0.4) is 0 Å². The van der Waals surface area contributed by atoms with Gasteiger partial charge in [-0.2, -0.15) is 0 Å². The first-order valence-electron chi connectivity index (χ1n) is 7.88. The Hall–Kier alpha value is -1.10. The van der Waals surface area contributed by atoms with Crippen LogP contribution in [-0.4, -0.2) is 49.0 Å². The minimum Gasteiger partial charge on any atom is -0.496 e. The Morgan fingerprint density at radius 3 is 2.90 bits per heavy atom. The van der Waals surface area contributed by atoms with Crippen LogP contribution in [-0.2, 0) is 11.3 Å². The van der Waals surface area contributed by atoms with Gasteiger partial charge in [-0.1, -0.05) is 18.2 Å². The van der Waals surface area contributed by atoms with E-state index in [1.165, 1.54) is 19.3 Å². The maximum atomic E-state index is 10.1. The van der Waals surface area contributed by atoms with Gasteiger partial charge in [0.25, 0.3) is 0 Å². The van der Waals surface area contributed by atoms with E-state index < -0.39 is 6.10 Å². The van der Waals surface area contributed by atoms with E-state index in [9.17, 15) is 5.11 Å². The normalized spacial score (nSPS) is 26.2. The number of β-amino-alcohol motifs (C(OH)–C–C–N with tert-alkyl or cyclic N) is 1. The zero-order valence-corrected chi connectivity index (χ0v) is 12.7. The van der Waals surface area contributed by atoms with Crippen molar-refractivity contribution in [1.82, 2.24) is 4.90 Å². The monoisotopic (exact) mass is 291 g/mol. The SMILES string of the molecule is COc1ccccc1COCC(O)CN1CC2CCC1C2. The molecule has 1 saturated carbocycles. The fourth-order valence-electron chi connectivity index (χ4n) is 3.70. The van der Waals surface area contributed by atoms with Gasteiger partial charge in [0.1, 0.15) is 5.75 Å². The highest BCUT2D eigenvalue weighted by molar-refractivity contribution is 5.32. The average Bonchev–Trinajstić information content (AvgIpc) is 3.10. The van der Waals surface area contributed by atoms with Gasteiger partial charge in [-0.3, -0.25) is 4.90 Å². The van der Waals surface area contributed by atoms with Gasteiger partial charge in [-0.15, -0.1) is 0 Å². The Morgan fingerprint density at radius 2 is 2.19 bits per heavy atom. The second-order valence-electron chi connectivity index (χ2n) is 6.27. The van der Waals surface area contributed by atoms with Crippen molar-refractivity contribution in [3.8, 4) is 5.75 Å². The molecule has 1 aliphatic carbocycles. The summed E-state index contributed by atoms with van der Waals surface area (Å²) in [6.45, 7) is 2.76. The highest BCUT2D eigenvalue weighted by Gasteiger charge is 2.38. The molecule has 3 rings (SSSR count). The molecule has 4 heteroatoms. The summed E-state index contributed by atoms with van der Waals surface area (Å²) < 4.78 is 11.0. The topological polar surface area (TPSA) is 41.9 Å². The van der Waals surface area contributed by atoms with E-state index in [2.05, 4.69) is 4.90 Å². The number of nitrogens with zero attached hydrogens (tertiary/aromatic N) is 1. The van der Waals surface area contributed by atoms with Gasteiger partial charge in [0, 0.05) is 24.7 Å². The summed E-state index contributed by atoms with van der Waals surface area (Å²) in [5.74, 6) is 1.71. The van der Waals surface area contributed by atoms with Crippen LogP contribution in [0.15, 0.2) is 24.3 Å². The zero-order chi connectivity index (χ0) is 14.7. The maximum absolute atomic E-state index is 10.1. The Bertz CT molecular complexity index is 465. The number of aliphatic hydroxyl groups is 1. The first-order valence-corrected chi connectivity index (χ1v) is 7.88. The van der Waals surface area contributed by atoms with Gasteiger partial charge in [0.2, 0.25) is 0 Å². The van der Waals surface area contributed by atoms with Gasteiger partial charge in [-0.05, 0) is 31.2 Å². The van der Waals surface area contributed by atoms with E-state index in [1.807, 2.05) is 24.3 Å². The molecule has 3 atom stereocenters. The van der Waals surface area contributed by atoms with Crippen LogP contribution in [0.2, 0.25) is 0 Å². The lowest BCUT2D eigenvalue weighted by Crippen LogP contribution is -2.39. The molecule has 1 aromatic carbocycles. The molecular formula is C17H25NO3. The lowest BCUT2D eigenvalue weighted by Gasteiger charge is -2.28. The van der Waals surface area contributed by atoms with Crippen molar-refractivity contribution in [2.45, 2.75) is 38.0 Å². The number of ether oxygens (including phenoxy) is 2. The number of hydrogen-bond donors (Lipinski definition) is 1. The van der Waals surface area contributed by atoms with Crippen molar-refractivity contribution in [1.29, 1.82) is 0 Å². The molecule has 116 valence electrons. The number of benzene rings is 1. The molecular weight excluding hydrogens is 266 g/mol. The van der Waals surface area contributed by atoms with Crippen LogP contribution in [0.1, 0.15) is 24.8 Å². The third-order valence-corrected chi connectivity index (χ3v) is 4.73. The number of hydrogen-bond acceptors (Lipinski definition) is 4. The van der Waals surface area contributed by atoms with Crippen molar-refractivity contribution in [3.05, 3.63) is 29.8 Å². The maximum Gasteiger partial charge on any atom is 0.124 e. The molecule has 2 bridgehead atoms. The van der Waals surface area contributed by atoms with Gasteiger partial charge >= 0.3 is 0 Å². The average molecular weight is 291 g/mol. The highest BCUT2D eigenvalue weighted by atomic mass is 16.5. The smallest absolute Gasteiger partial charge is 0.124 e. The molecule has 1 heterocycles. The molecule has 3 unspecified atom stereocenters. The van der Waals surface area contributed by atoms with Crippen LogP contribution in [0.5, 0.6) is 5.75 Å². The summed E-state index contributed by atoms with van der Waals surface area (Å²) in [4.78, 5) is 2.44. The van der Waals surface area contributed by atoms with Gasteiger partial charge in [0.15, 0.2) is 0 Å². The third kappa shape index (κ3) is 3.57. The quantitative estimate of drug-likeness (QED) is 0.835. The van der Waals surface area contributed by atoms with Crippen LogP contribution in [0.25, 0.3) is 0 Å². The van der Waals surface area contributed by atoms with Gasteiger partial charge < -0.3 is 14.6 Å². The Kier molecular flexibility index (Phi) is 4.78. The first kappa shape index (κ1) is 14.8. The highest BCUT2D eigenvalue weighted by Crippen LogP contribution is 2.37. The molecule has 4 nitrogen and oxygen atoms in total. The fourth-order valence-corrected chi connectivity index (χ4v) is 3.70. The summed E-state index contributed by atoms with van der Waals surface area (Å²) in [6.07, 6.45) is 3.61. The number of fused-ring (bicyclic) bond motifs is 2. The number of piperidine rings is 1. The van der Waals surface area contributed by atoms with Crippen molar-refractivity contribution in [2.75, 3.05) is 26.8 Å². The van der Waals surface area contributed by atoms with E-state index in [0.717, 1.165) is 30.3 Å². The Morgan fingerprint density at radius 1 is 1.33 bits per heavy atom. The molecule has 1 aliphatic heterocycles. The summed E-state index contributed by atoms with van der Waals surface area (Å²) in [5.41, 5.74) is 1.02. The largest absolute Gasteiger partial charge is 0.496 e. The van der Waals surface area contributed by atoms with E-state index in [-0.39, 0.29) is 0 Å². The fraction of sp³-hybridized carbons (Fsp3) is 0.647. The molecule has 1 saturated heterocycles. The number of para-hydroxylation sites is 1. The van der Waals surface area contributed by atoms with Crippen LogP contribution < -0.4 is 4.74 Å². The van der Waals surface area contributed by atoms with Crippen LogP contribution >= 0.6 is 0 Å². The van der Waals surface area contributed by atoms with Crippen LogP contribution in [0, 0.1) is 5.92 Å². The van der Waals surface area contributed by atoms with Gasteiger partial charge in [0.05, 0.1) is 26.4 Å². The number of rotatable bonds is 7. The van der Waals surface area contributed by atoms with E-state index in [1.54, 1.807) is 7.11 Å². The Labute approximate surface area is 126 Å². The predicted octanol–water partition coefficient (Wildman–Crippen LogP) is 2.06. The molecule has 0 radical (unpaired) electrons. The summed E-state index contributed by atoms with van der Waals surface area (Å²) >= 11 is 0. The Balaban J connectivity index is 1.41. The van der Waals surface area contributed by atoms with E-state index >= 15 is 0 Å². The summed E-state index contributed by atoms with van der Waals surface area (Å²) in [6, 6.07) is 8.54. The second-order valence-corrected chi connectivity index (χ2v) is 6.27. The number of methoxy groups -OCH3 is 1. The molecule has 0 spiro atoms. The molecule has 1 aromatic rings. The molecule has 2 aliphatic rings. The van der Waals surface area contributed by atoms with Crippen molar-refractivity contribution in [2.24, 2.45) is 5.92 Å². The van der Waals surface area contributed by atoms with Crippen LogP contribution in [0.4, 0.5) is 0 Å². The number of likely N-dealkylation sites (tertiary alicyclic amines) is 1. The van der Waals surface area contributed by atoms with Gasteiger partial charge in [-0.25, -0.2) is 0 Å². The zero-order valence-electron chi connectivity index (χ0n) is 12.7. The van der Waals surface area contributed by atoms with E-state index in [0.29, 0.717) is 19.3 Å². The van der Waals surface area contributed by atoms with Crippen molar-refractivity contribution < 1.29 is 14.6 Å². The third-order valence-electron chi connectivity index (χ3n) is 4.73. The molecule has 0 aromatic heterocycles. The molecule has 1 N–H and O–H groups in total. The van der Waals surface area contributed by atoms with Crippen molar-refractivity contribution in [3.63, 3.8) is 0 Å². The molecule has 21 heavy (non-hydrogen) atoms. The molecule has 0 amide bonds. The lowest BCUT2D eigenvalue weighted by molar-refractivity contribution is 0.00450. The molecule has 2 fully saturated rings. The van der Waals surface area contributed by atoms with Crippen molar-refractivity contribution >= 4 is 0 Å². The van der Waals surface area contributed by atoms with E-state index in [4.69, 9.17) is 9.47 Å². The second kappa shape index (κ2) is 6.77. The first-order chi connectivity index (χ1) is 10.3.